The van der Waals surface area contributed by atoms with Gasteiger partial charge >= 0.3 is 0 Å². The van der Waals surface area contributed by atoms with Crippen LogP contribution in [0.2, 0.25) is 5.02 Å². The number of aliphatic hydroxyl groups is 3. The van der Waals surface area contributed by atoms with Crippen LogP contribution in [0.3, 0.4) is 0 Å². The van der Waals surface area contributed by atoms with Gasteiger partial charge in [0.1, 0.15) is 23.8 Å². The highest BCUT2D eigenvalue weighted by Gasteiger charge is 2.44. The van der Waals surface area contributed by atoms with Crippen LogP contribution in [0.25, 0.3) is 0 Å². The van der Waals surface area contributed by atoms with Crippen LogP contribution in [0.1, 0.15) is 24.8 Å². The van der Waals surface area contributed by atoms with E-state index < -0.39 is 23.1 Å². The van der Waals surface area contributed by atoms with Crippen molar-refractivity contribution in [3.8, 4) is 5.75 Å². The van der Waals surface area contributed by atoms with E-state index in [1.165, 1.54) is 23.4 Å². The molecule has 180 valence electrons. The monoisotopic (exact) mass is 478 g/mol. The van der Waals surface area contributed by atoms with Crippen molar-refractivity contribution in [1.29, 1.82) is 0 Å². The van der Waals surface area contributed by atoms with Crippen molar-refractivity contribution in [3.05, 3.63) is 58.9 Å². The highest BCUT2D eigenvalue weighted by molar-refractivity contribution is 6.30. The number of nitrogens with zero attached hydrogens (tertiary/aromatic N) is 2. The van der Waals surface area contributed by atoms with Crippen LogP contribution in [0.15, 0.2) is 42.5 Å². The first-order valence-electron chi connectivity index (χ1n) is 11.4. The predicted molar refractivity (Wildman–Crippen MR) is 126 cm³/mol. The van der Waals surface area contributed by atoms with Crippen LogP contribution in [-0.2, 0) is 0 Å². The summed E-state index contributed by atoms with van der Waals surface area (Å²) in [5.41, 5.74) is 0.00260. The molecule has 2 aliphatic heterocycles. The number of aryl methyl sites for hydroxylation is 1. The quantitative estimate of drug-likeness (QED) is 0.592. The second-order valence-corrected chi connectivity index (χ2v) is 9.94. The lowest BCUT2D eigenvalue weighted by Gasteiger charge is -2.46. The molecule has 2 atom stereocenters. The van der Waals surface area contributed by atoms with Gasteiger partial charge in [0, 0.05) is 44.5 Å². The Balaban J connectivity index is 1.34. The van der Waals surface area contributed by atoms with Gasteiger partial charge in [-0.05, 0) is 56.0 Å². The maximum Gasteiger partial charge on any atom is 0.145 e. The van der Waals surface area contributed by atoms with E-state index in [1.807, 2.05) is 11.0 Å². The van der Waals surface area contributed by atoms with Gasteiger partial charge in [0.25, 0.3) is 0 Å². The first kappa shape index (κ1) is 24.2. The topological polar surface area (TPSA) is 76.4 Å². The number of benzene rings is 2. The summed E-state index contributed by atoms with van der Waals surface area (Å²) < 4.78 is 19.3. The average Bonchev–Trinajstić information content (AvgIpc) is 2.78. The normalized spacial score (nSPS) is 25.8. The molecule has 0 radical (unpaired) electrons. The molecule has 2 fully saturated rings. The number of aliphatic hydroxyl groups excluding tert-OH is 1. The van der Waals surface area contributed by atoms with Crippen LogP contribution in [0.5, 0.6) is 5.75 Å². The number of anilines is 1. The number of hydrogen-bond acceptors (Lipinski definition) is 6. The molecule has 2 aromatic carbocycles. The summed E-state index contributed by atoms with van der Waals surface area (Å²) in [4.78, 5) is 4.28. The third kappa shape index (κ3) is 5.78. The third-order valence-corrected chi connectivity index (χ3v) is 7.10. The van der Waals surface area contributed by atoms with Gasteiger partial charge in [-0.15, -0.1) is 0 Å². The summed E-state index contributed by atoms with van der Waals surface area (Å²) in [5.74, 6) is -0.372. The fourth-order valence-electron chi connectivity index (χ4n) is 4.78. The highest BCUT2D eigenvalue weighted by atomic mass is 35.5. The molecule has 2 aliphatic rings. The van der Waals surface area contributed by atoms with Crippen molar-refractivity contribution in [3.63, 3.8) is 0 Å². The van der Waals surface area contributed by atoms with Gasteiger partial charge in [-0.2, -0.15) is 0 Å². The van der Waals surface area contributed by atoms with Crippen LogP contribution in [0, 0.1) is 12.7 Å². The lowest BCUT2D eigenvalue weighted by atomic mass is 9.86. The van der Waals surface area contributed by atoms with E-state index in [9.17, 15) is 19.7 Å². The van der Waals surface area contributed by atoms with Crippen molar-refractivity contribution in [2.24, 2.45) is 0 Å². The second kappa shape index (κ2) is 9.76. The van der Waals surface area contributed by atoms with Crippen LogP contribution in [-0.4, -0.2) is 76.9 Å². The molecule has 0 spiro atoms. The summed E-state index contributed by atoms with van der Waals surface area (Å²) >= 11 is 5.70. The molecule has 0 amide bonds. The fraction of sp³-hybridized carbons (Fsp3) is 0.520. The summed E-state index contributed by atoms with van der Waals surface area (Å²) in [6.07, 6.45) is 0.641. The molecular weight excluding hydrogens is 447 g/mol. The summed E-state index contributed by atoms with van der Waals surface area (Å²) in [6, 6.07) is 12.4. The number of piperidine rings is 2. The molecule has 6 nitrogen and oxygen atoms in total. The van der Waals surface area contributed by atoms with Gasteiger partial charge in [-0.25, -0.2) is 4.39 Å². The van der Waals surface area contributed by atoms with Gasteiger partial charge in [0.15, 0.2) is 0 Å². The Morgan fingerprint density at radius 2 is 1.88 bits per heavy atom. The number of β-amino-alcohol motifs (C(OH)–C–C–N with tert-alkyl or cyclic N) is 2. The van der Waals surface area contributed by atoms with Gasteiger partial charge in [0.2, 0.25) is 0 Å². The minimum Gasteiger partial charge on any atom is -0.490 e. The van der Waals surface area contributed by atoms with E-state index in [4.69, 9.17) is 16.3 Å². The predicted octanol–water partition coefficient (Wildman–Crippen LogP) is 3.00. The number of ether oxygens (including phenoxy) is 1. The lowest BCUT2D eigenvalue weighted by Crippen LogP contribution is -2.62. The Morgan fingerprint density at radius 1 is 1.12 bits per heavy atom. The smallest absolute Gasteiger partial charge is 0.145 e. The van der Waals surface area contributed by atoms with E-state index in [-0.39, 0.29) is 23.9 Å². The molecule has 33 heavy (non-hydrogen) atoms. The highest BCUT2D eigenvalue weighted by Crippen LogP contribution is 2.31. The van der Waals surface area contributed by atoms with Gasteiger partial charge in [-0.3, -0.25) is 4.90 Å². The number of rotatable bonds is 6. The van der Waals surface area contributed by atoms with E-state index in [0.29, 0.717) is 32.4 Å². The number of hydrogen-bond donors (Lipinski definition) is 3. The molecule has 0 bridgehead atoms. The molecule has 3 N–H and O–H groups in total. The molecule has 2 heterocycles. The zero-order chi connectivity index (χ0) is 23.6. The zero-order valence-corrected chi connectivity index (χ0v) is 19.6. The van der Waals surface area contributed by atoms with E-state index in [2.05, 4.69) is 30.0 Å². The van der Waals surface area contributed by atoms with E-state index >= 15 is 0 Å². The Hall–Kier alpha value is -1.90. The number of halogens is 2. The Kier molecular flexibility index (Phi) is 7.17. The van der Waals surface area contributed by atoms with Crippen LogP contribution in [0.4, 0.5) is 10.1 Å². The van der Waals surface area contributed by atoms with Crippen molar-refractivity contribution in [1.82, 2.24) is 4.90 Å². The Morgan fingerprint density at radius 3 is 2.58 bits per heavy atom. The van der Waals surface area contributed by atoms with Gasteiger partial charge < -0.3 is 25.0 Å². The Bertz CT molecular complexity index is 969. The molecule has 2 saturated heterocycles. The van der Waals surface area contributed by atoms with E-state index in [1.54, 1.807) is 0 Å². The summed E-state index contributed by atoms with van der Waals surface area (Å²) in [6.45, 7) is 4.54. The maximum absolute atomic E-state index is 13.7. The first-order valence-corrected chi connectivity index (χ1v) is 11.8. The summed E-state index contributed by atoms with van der Waals surface area (Å²) in [7, 11) is 0. The molecule has 0 saturated carbocycles. The molecule has 8 heteroatoms. The standard InChI is InChI=1S/C25H32ClFN2O4/c1-18-3-2-4-19(13-18)29-11-8-24(31,9-12-29)15-28-10-7-23(30)25(32,16-28)17-33-20-5-6-21(26)22(27)14-20/h2-6,13-14,23,30-32H,7-12,15-17H2,1H3/t23-,25-/m0/s1. The van der Waals surface area contributed by atoms with Crippen molar-refractivity contribution in [2.75, 3.05) is 44.2 Å². The van der Waals surface area contributed by atoms with Crippen molar-refractivity contribution >= 4 is 17.3 Å². The maximum atomic E-state index is 13.7. The molecule has 0 unspecified atom stereocenters. The zero-order valence-electron chi connectivity index (χ0n) is 18.9. The molecular formula is C25H32ClFN2O4. The third-order valence-electron chi connectivity index (χ3n) is 6.80. The molecule has 2 aromatic rings. The van der Waals surface area contributed by atoms with Crippen molar-refractivity contribution < 1.29 is 24.4 Å². The average molecular weight is 479 g/mol. The summed E-state index contributed by atoms with van der Waals surface area (Å²) in [5, 5.41) is 32.8. The minimum absolute atomic E-state index is 0.00775. The molecule has 0 aromatic heterocycles. The SMILES string of the molecule is Cc1cccc(N2CCC(O)(CN3CC[C@H](O)[C@@](O)(COc4ccc(Cl)c(F)c4)C3)CC2)c1. The fourth-order valence-corrected chi connectivity index (χ4v) is 4.89. The Labute approximate surface area is 199 Å². The minimum atomic E-state index is -1.52. The van der Waals surface area contributed by atoms with Gasteiger partial charge in [0.05, 0.1) is 16.7 Å². The number of likely N-dealkylation sites (tertiary alicyclic amines) is 1. The van der Waals surface area contributed by atoms with Crippen LogP contribution >= 0.6 is 11.6 Å². The van der Waals surface area contributed by atoms with E-state index in [0.717, 1.165) is 19.2 Å². The molecule has 4 rings (SSSR count). The molecule has 0 aliphatic carbocycles. The van der Waals surface area contributed by atoms with Gasteiger partial charge in [-0.1, -0.05) is 23.7 Å². The second-order valence-electron chi connectivity index (χ2n) is 9.53. The van der Waals surface area contributed by atoms with Crippen LogP contribution < -0.4 is 9.64 Å². The lowest BCUT2D eigenvalue weighted by molar-refractivity contribution is -0.149. The van der Waals surface area contributed by atoms with Crippen molar-refractivity contribution in [2.45, 2.75) is 43.5 Å². The first-order chi connectivity index (χ1) is 15.7. The largest absolute Gasteiger partial charge is 0.490 e.